The Morgan fingerprint density at radius 3 is 2.85 bits per heavy atom. The quantitative estimate of drug-likeness (QED) is 0.694. The van der Waals surface area contributed by atoms with Gasteiger partial charge in [0.1, 0.15) is 5.69 Å². The molecule has 0 unspecified atom stereocenters. The summed E-state index contributed by atoms with van der Waals surface area (Å²) in [6.07, 6.45) is 3.86. The normalized spacial score (nSPS) is 16.6. The summed E-state index contributed by atoms with van der Waals surface area (Å²) in [5.74, 6) is -0.0787. The van der Waals surface area contributed by atoms with Gasteiger partial charge in [0.05, 0.1) is 23.9 Å². The summed E-state index contributed by atoms with van der Waals surface area (Å²) in [4.78, 5) is 24.1. The van der Waals surface area contributed by atoms with Crippen molar-refractivity contribution < 1.29 is 9.53 Å². The van der Waals surface area contributed by atoms with Crippen molar-refractivity contribution in [2.24, 2.45) is 0 Å². The van der Waals surface area contributed by atoms with Crippen molar-refractivity contribution in [3.05, 3.63) is 71.7 Å². The molecule has 1 fully saturated rings. The summed E-state index contributed by atoms with van der Waals surface area (Å²) < 4.78 is 5.77. The Morgan fingerprint density at radius 1 is 1.22 bits per heavy atom. The van der Waals surface area contributed by atoms with E-state index in [0.717, 1.165) is 41.6 Å². The molecule has 3 aromatic rings. The first-order chi connectivity index (χ1) is 13.2. The Bertz CT molecular complexity index is 937. The summed E-state index contributed by atoms with van der Waals surface area (Å²) in [7, 11) is 0. The molecule has 0 saturated carbocycles. The van der Waals surface area contributed by atoms with Gasteiger partial charge in [-0.3, -0.25) is 9.78 Å². The monoisotopic (exact) mass is 361 g/mol. The molecule has 3 heterocycles. The minimum Gasteiger partial charge on any atom is -0.376 e. The zero-order chi connectivity index (χ0) is 18.6. The highest BCUT2D eigenvalue weighted by Gasteiger charge is 2.25. The third kappa shape index (κ3) is 3.98. The van der Waals surface area contributed by atoms with Crippen LogP contribution >= 0.6 is 0 Å². The van der Waals surface area contributed by atoms with Crippen LogP contribution in [0.25, 0.3) is 10.9 Å². The van der Waals surface area contributed by atoms with Crippen molar-refractivity contribution in [1.29, 1.82) is 0 Å². The van der Waals surface area contributed by atoms with E-state index in [1.165, 1.54) is 0 Å². The Morgan fingerprint density at radius 2 is 2.07 bits per heavy atom. The zero-order valence-electron chi connectivity index (χ0n) is 15.5. The Hall–Kier alpha value is -2.79. The van der Waals surface area contributed by atoms with Gasteiger partial charge in [0.2, 0.25) is 0 Å². The molecule has 0 spiro atoms. The molecule has 0 radical (unpaired) electrons. The Kier molecular flexibility index (Phi) is 5.12. The van der Waals surface area contributed by atoms with Gasteiger partial charge < -0.3 is 9.64 Å². The standard InChI is InChI=1S/C22H23N3O2/c1-16-13-21(24-20-10-3-2-9-19(16)20)22(26)25(15-18-8-6-12-27-18)14-17-7-4-5-11-23-17/h2-5,7,9-11,13,18H,6,8,12,14-15H2,1H3/t18-/m1/s1. The lowest BCUT2D eigenvalue weighted by Crippen LogP contribution is -2.37. The fraction of sp³-hybridized carbons (Fsp3) is 0.318. The highest BCUT2D eigenvalue weighted by molar-refractivity contribution is 5.96. The molecule has 138 valence electrons. The van der Waals surface area contributed by atoms with Crippen LogP contribution in [0.2, 0.25) is 0 Å². The van der Waals surface area contributed by atoms with Crippen LogP contribution in [0, 0.1) is 6.92 Å². The van der Waals surface area contributed by atoms with Crippen LogP contribution in [-0.2, 0) is 11.3 Å². The lowest BCUT2D eigenvalue weighted by atomic mass is 10.1. The van der Waals surface area contributed by atoms with Crippen molar-refractivity contribution in [1.82, 2.24) is 14.9 Å². The number of ether oxygens (including phenoxy) is 1. The largest absolute Gasteiger partial charge is 0.376 e. The van der Waals surface area contributed by atoms with Crippen molar-refractivity contribution in [2.45, 2.75) is 32.4 Å². The van der Waals surface area contributed by atoms with E-state index in [-0.39, 0.29) is 12.0 Å². The lowest BCUT2D eigenvalue weighted by molar-refractivity contribution is 0.0500. The summed E-state index contributed by atoms with van der Waals surface area (Å²) in [5, 5.41) is 1.07. The molecule has 0 aliphatic carbocycles. The lowest BCUT2D eigenvalue weighted by Gasteiger charge is -2.25. The second kappa shape index (κ2) is 7.84. The topological polar surface area (TPSA) is 55.3 Å². The number of fused-ring (bicyclic) bond motifs is 1. The van der Waals surface area contributed by atoms with E-state index in [1.807, 2.05) is 60.4 Å². The van der Waals surface area contributed by atoms with Gasteiger partial charge in [-0.05, 0) is 49.6 Å². The molecule has 1 saturated heterocycles. The van der Waals surface area contributed by atoms with Crippen LogP contribution in [0.15, 0.2) is 54.7 Å². The number of para-hydroxylation sites is 1. The van der Waals surface area contributed by atoms with E-state index in [1.54, 1.807) is 6.20 Å². The average molecular weight is 361 g/mol. The third-order valence-electron chi connectivity index (χ3n) is 4.96. The summed E-state index contributed by atoms with van der Waals surface area (Å²) in [5.41, 5.74) is 3.23. The predicted octanol–water partition coefficient (Wildman–Crippen LogP) is 3.76. The van der Waals surface area contributed by atoms with Crippen LogP contribution in [0.4, 0.5) is 0 Å². The molecular weight excluding hydrogens is 338 g/mol. The number of amides is 1. The smallest absolute Gasteiger partial charge is 0.272 e. The van der Waals surface area contributed by atoms with E-state index in [2.05, 4.69) is 9.97 Å². The fourth-order valence-electron chi connectivity index (χ4n) is 3.56. The van der Waals surface area contributed by atoms with Crippen LogP contribution in [-0.4, -0.2) is 40.0 Å². The Balaban J connectivity index is 1.64. The maximum Gasteiger partial charge on any atom is 0.272 e. The van der Waals surface area contributed by atoms with Crippen LogP contribution in [0.1, 0.15) is 34.6 Å². The van der Waals surface area contributed by atoms with Gasteiger partial charge in [-0.1, -0.05) is 24.3 Å². The molecule has 1 atom stereocenters. The van der Waals surface area contributed by atoms with Gasteiger partial charge in [-0.25, -0.2) is 4.98 Å². The Labute approximate surface area is 159 Å². The molecule has 1 aromatic carbocycles. The molecule has 1 aliphatic heterocycles. The first kappa shape index (κ1) is 17.6. The first-order valence-corrected chi connectivity index (χ1v) is 9.38. The van der Waals surface area contributed by atoms with Crippen LogP contribution in [0.3, 0.4) is 0 Å². The second-order valence-corrected chi connectivity index (χ2v) is 6.98. The van der Waals surface area contributed by atoms with Crippen LogP contribution < -0.4 is 0 Å². The predicted molar refractivity (Wildman–Crippen MR) is 104 cm³/mol. The third-order valence-corrected chi connectivity index (χ3v) is 4.96. The highest BCUT2D eigenvalue weighted by atomic mass is 16.5. The van der Waals surface area contributed by atoms with Crippen molar-refractivity contribution in [3.63, 3.8) is 0 Å². The van der Waals surface area contributed by atoms with Gasteiger partial charge in [0.25, 0.3) is 5.91 Å². The SMILES string of the molecule is Cc1cc(C(=O)N(Cc2ccccn2)C[C@H]2CCCO2)nc2ccccc12. The highest BCUT2D eigenvalue weighted by Crippen LogP contribution is 2.20. The van der Waals surface area contributed by atoms with Crippen molar-refractivity contribution in [2.75, 3.05) is 13.2 Å². The molecule has 1 aliphatic rings. The number of benzene rings is 1. The molecule has 4 rings (SSSR count). The fourth-order valence-corrected chi connectivity index (χ4v) is 3.56. The van der Waals surface area contributed by atoms with E-state index < -0.39 is 0 Å². The number of hydrogen-bond acceptors (Lipinski definition) is 4. The maximum atomic E-state index is 13.3. The first-order valence-electron chi connectivity index (χ1n) is 9.38. The van der Waals surface area contributed by atoms with E-state index in [9.17, 15) is 4.79 Å². The minimum atomic E-state index is -0.0787. The molecule has 1 amide bonds. The van der Waals surface area contributed by atoms with Crippen LogP contribution in [0.5, 0.6) is 0 Å². The maximum absolute atomic E-state index is 13.3. The minimum absolute atomic E-state index is 0.0787. The number of nitrogens with zero attached hydrogens (tertiary/aromatic N) is 3. The molecule has 0 N–H and O–H groups in total. The average Bonchev–Trinajstić information content (AvgIpc) is 3.21. The van der Waals surface area contributed by atoms with E-state index in [4.69, 9.17) is 4.74 Å². The van der Waals surface area contributed by atoms with E-state index >= 15 is 0 Å². The molecular formula is C22H23N3O2. The summed E-state index contributed by atoms with van der Waals surface area (Å²) in [6, 6.07) is 15.6. The number of pyridine rings is 2. The van der Waals surface area contributed by atoms with Gasteiger partial charge in [-0.15, -0.1) is 0 Å². The number of carbonyl (C=O) groups excluding carboxylic acids is 1. The number of aromatic nitrogens is 2. The van der Waals surface area contributed by atoms with E-state index in [0.29, 0.717) is 18.8 Å². The number of aryl methyl sites for hydroxylation is 1. The number of rotatable bonds is 5. The molecule has 5 nitrogen and oxygen atoms in total. The summed E-state index contributed by atoms with van der Waals surface area (Å²) >= 11 is 0. The van der Waals surface area contributed by atoms with Gasteiger partial charge >= 0.3 is 0 Å². The molecule has 0 bridgehead atoms. The van der Waals surface area contributed by atoms with Gasteiger partial charge in [0.15, 0.2) is 0 Å². The molecule has 2 aromatic heterocycles. The zero-order valence-corrected chi connectivity index (χ0v) is 15.5. The van der Waals surface area contributed by atoms with Crippen molar-refractivity contribution in [3.8, 4) is 0 Å². The second-order valence-electron chi connectivity index (χ2n) is 6.98. The molecule has 27 heavy (non-hydrogen) atoms. The van der Waals surface area contributed by atoms with Crippen molar-refractivity contribution >= 4 is 16.8 Å². The number of hydrogen-bond donors (Lipinski definition) is 0. The van der Waals surface area contributed by atoms with Gasteiger partial charge in [-0.2, -0.15) is 0 Å². The van der Waals surface area contributed by atoms with Gasteiger partial charge in [0, 0.05) is 24.7 Å². The molecule has 5 heteroatoms. The number of carbonyl (C=O) groups is 1. The summed E-state index contributed by atoms with van der Waals surface area (Å²) in [6.45, 7) is 3.80.